The summed E-state index contributed by atoms with van der Waals surface area (Å²) >= 11 is 0. The number of nitrogens with zero attached hydrogens (tertiary/aromatic N) is 3. The maximum absolute atomic E-state index is 12.6. The number of pyridine rings is 1. The molecule has 4 aromatic rings. The summed E-state index contributed by atoms with van der Waals surface area (Å²) in [5.74, 6) is 0.255. The summed E-state index contributed by atoms with van der Waals surface area (Å²) in [7, 11) is 0. The minimum absolute atomic E-state index is 0.236. The van der Waals surface area contributed by atoms with Crippen LogP contribution in [0.2, 0.25) is 0 Å². The van der Waals surface area contributed by atoms with E-state index in [-0.39, 0.29) is 11.6 Å². The Hall–Kier alpha value is -3.80. The van der Waals surface area contributed by atoms with Gasteiger partial charge in [0, 0.05) is 17.3 Å². The van der Waals surface area contributed by atoms with Crippen molar-refractivity contribution in [3.63, 3.8) is 0 Å². The van der Waals surface area contributed by atoms with Gasteiger partial charge in [-0.25, -0.2) is 9.97 Å². The lowest BCUT2D eigenvalue weighted by Gasteiger charge is -2.12. The van der Waals surface area contributed by atoms with Crippen molar-refractivity contribution in [1.82, 2.24) is 15.0 Å². The van der Waals surface area contributed by atoms with Crippen LogP contribution in [0.1, 0.15) is 21.6 Å². The lowest BCUT2D eigenvalue weighted by Crippen LogP contribution is -2.14. The van der Waals surface area contributed by atoms with Gasteiger partial charge in [-0.05, 0) is 37.1 Å². The predicted octanol–water partition coefficient (Wildman–Crippen LogP) is 4.64. The van der Waals surface area contributed by atoms with Gasteiger partial charge in [-0.2, -0.15) is 0 Å². The zero-order valence-corrected chi connectivity index (χ0v) is 15.6. The first kappa shape index (κ1) is 17.6. The molecule has 6 nitrogen and oxygen atoms in total. The van der Waals surface area contributed by atoms with Gasteiger partial charge in [0.05, 0.1) is 23.6 Å². The summed E-state index contributed by atoms with van der Waals surface area (Å²) in [6.45, 7) is 4.06. The Morgan fingerprint density at radius 1 is 0.857 bits per heavy atom. The first-order chi connectivity index (χ1) is 13.6. The lowest BCUT2D eigenvalue weighted by atomic mass is 10.1. The standard InChI is InChI=1S/C22H19N5O/c1-14-6-3-7-15(2)20(14)27-19-13-24-18(12-25-19)22(28)26-17-10-4-8-16-9-5-11-23-21(16)17/h3-13H,1-2H3,(H,25,27)(H,26,28). The quantitative estimate of drug-likeness (QED) is 0.548. The average Bonchev–Trinajstić information content (AvgIpc) is 2.71. The zero-order valence-electron chi connectivity index (χ0n) is 15.6. The molecular formula is C22H19N5O. The van der Waals surface area contributed by atoms with Gasteiger partial charge in [0.1, 0.15) is 11.5 Å². The van der Waals surface area contributed by atoms with E-state index < -0.39 is 0 Å². The summed E-state index contributed by atoms with van der Waals surface area (Å²) in [4.78, 5) is 25.5. The number of nitrogens with one attached hydrogen (secondary N) is 2. The third-order valence-corrected chi connectivity index (χ3v) is 4.50. The zero-order chi connectivity index (χ0) is 19.5. The van der Waals surface area contributed by atoms with Crippen molar-refractivity contribution in [1.29, 1.82) is 0 Å². The van der Waals surface area contributed by atoms with Crippen molar-refractivity contribution in [2.24, 2.45) is 0 Å². The first-order valence-electron chi connectivity index (χ1n) is 8.92. The van der Waals surface area contributed by atoms with E-state index in [1.165, 1.54) is 6.20 Å². The van der Waals surface area contributed by atoms with Gasteiger partial charge in [-0.3, -0.25) is 9.78 Å². The second kappa shape index (κ2) is 7.44. The molecule has 0 unspecified atom stereocenters. The molecule has 1 amide bonds. The Kier molecular flexibility index (Phi) is 4.68. The summed E-state index contributed by atoms with van der Waals surface area (Å²) < 4.78 is 0. The Bertz CT molecular complexity index is 1130. The van der Waals surface area contributed by atoms with Crippen LogP contribution in [0.4, 0.5) is 17.2 Å². The number of carbonyl (C=O) groups is 1. The minimum Gasteiger partial charge on any atom is -0.339 e. The molecule has 28 heavy (non-hydrogen) atoms. The lowest BCUT2D eigenvalue weighted by molar-refractivity contribution is 0.102. The summed E-state index contributed by atoms with van der Waals surface area (Å²) in [5.41, 5.74) is 4.84. The molecule has 2 N–H and O–H groups in total. The highest BCUT2D eigenvalue weighted by Gasteiger charge is 2.11. The molecule has 0 saturated carbocycles. The van der Waals surface area contributed by atoms with Crippen molar-refractivity contribution in [2.75, 3.05) is 10.6 Å². The van der Waals surface area contributed by atoms with E-state index in [0.717, 1.165) is 27.7 Å². The number of hydrogen-bond acceptors (Lipinski definition) is 5. The van der Waals surface area contributed by atoms with Crippen LogP contribution in [0, 0.1) is 13.8 Å². The monoisotopic (exact) mass is 369 g/mol. The molecule has 0 aliphatic carbocycles. The van der Waals surface area contributed by atoms with Crippen LogP contribution < -0.4 is 10.6 Å². The molecule has 2 aromatic carbocycles. The molecule has 138 valence electrons. The number of rotatable bonds is 4. The largest absolute Gasteiger partial charge is 0.339 e. The van der Waals surface area contributed by atoms with Crippen molar-refractivity contribution in [3.05, 3.63) is 83.9 Å². The van der Waals surface area contributed by atoms with Gasteiger partial charge in [0.2, 0.25) is 0 Å². The molecule has 0 aliphatic rings. The van der Waals surface area contributed by atoms with Crippen molar-refractivity contribution < 1.29 is 4.79 Å². The summed E-state index contributed by atoms with van der Waals surface area (Å²) in [5, 5.41) is 7.09. The molecule has 0 spiro atoms. The molecule has 0 saturated heterocycles. The van der Waals surface area contributed by atoms with Crippen LogP contribution in [-0.4, -0.2) is 20.9 Å². The van der Waals surface area contributed by atoms with E-state index in [9.17, 15) is 4.79 Å². The Morgan fingerprint density at radius 3 is 2.36 bits per heavy atom. The molecule has 2 heterocycles. The molecule has 0 aliphatic heterocycles. The molecule has 0 fully saturated rings. The van der Waals surface area contributed by atoms with E-state index in [4.69, 9.17) is 0 Å². The molecule has 0 radical (unpaired) electrons. The van der Waals surface area contributed by atoms with E-state index >= 15 is 0 Å². The van der Waals surface area contributed by atoms with Crippen LogP contribution in [-0.2, 0) is 0 Å². The topological polar surface area (TPSA) is 79.8 Å². The van der Waals surface area contributed by atoms with Crippen LogP contribution in [0.25, 0.3) is 10.9 Å². The van der Waals surface area contributed by atoms with Gasteiger partial charge in [0.15, 0.2) is 0 Å². The van der Waals surface area contributed by atoms with Crippen LogP contribution in [0.3, 0.4) is 0 Å². The molecule has 6 heteroatoms. The third kappa shape index (κ3) is 3.53. The van der Waals surface area contributed by atoms with Gasteiger partial charge < -0.3 is 10.6 Å². The maximum Gasteiger partial charge on any atom is 0.275 e. The van der Waals surface area contributed by atoms with Crippen LogP contribution in [0.15, 0.2) is 67.1 Å². The molecular weight excluding hydrogens is 350 g/mol. The van der Waals surface area contributed by atoms with Crippen LogP contribution >= 0.6 is 0 Å². The fraction of sp³-hybridized carbons (Fsp3) is 0.0909. The number of benzene rings is 2. The second-order valence-electron chi connectivity index (χ2n) is 6.51. The highest BCUT2D eigenvalue weighted by Crippen LogP contribution is 2.23. The van der Waals surface area contributed by atoms with E-state index in [0.29, 0.717) is 11.5 Å². The van der Waals surface area contributed by atoms with Crippen molar-refractivity contribution >= 4 is 34.0 Å². The van der Waals surface area contributed by atoms with E-state index in [2.05, 4.69) is 25.6 Å². The number of fused-ring (bicyclic) bond motifs is 1. The molecule has 0 atom stereocenters. The number of aromatic nitrogens is 3. The van der Waals surface area contributed by atoms with E-state index in [1.807, 2.05) is 62.4 Å². The third-order valence-electron chi connectivity index (χ3n) is 4.50. The van der Waals surface area contributed by atoms with Gasteiger partial charge in [-0.1, -0.05) is 36.4 Å². The number of aryl methyl sites for hydroxylation is 2. The number of carbonyl (C=O) groups excluding carboxylic acids is 1. The number of amides is 1. The smallest absolute Gasteiger partial charge is 0.275 e. The Labute approximate surface area is 162 Å². The summed E-state index contributed by atoms with van der Waals surface area (Å²) in [6, 6.07) is 15.5. The predicted molar refractivity (Wildman–Crippen MR) is 111 cm³/mol. The highest BCUT2D eigenvalue weighted by atomic mass is 16.1. The van der Waals surface area contributed by atoms with Gasteiger partial charge in [0.25, 0.3) is 5.91 Å². The van der Waals surface area contributed by atoms with Crippen molar-refractivity contribution in [2.45, 2.75) is 13.8 Å². The molecule has 0 bridgehead atoms. The summed E-state index contributed by atoms with van der Waals surface area (Å²) in [6.07, 6.45) is 4.72. The van der Waals surface area contributed by atoms with Crippen molar-refractivity contribution in [3.8, 4) is 0 Å². The van der Waals surface area contributed by atoms with Gasteiger partial charge in [-0.15, -0.1) is 0 Å². The maximum atomic E-state index is 12.6. The highest BCUT2D eigenvalue weighted by molar-refractivity contribution is 6.07. The van der Waals surface area contributed by atoms with Crippen LogP contribution in [0.5, 0.6) is 0 Å². The van der Waals surface area contributed by atoms with Gasteiger partial charge >= 0.3 is 0 Å². The average molecular weight is 369 g/mol. The normalized spacial score (nSPS) is 10.6. The molecule has 2 aromatic heterocycles. The SMILES string of the molecule is Cc1cccc(C)c1Nc1cnc(C(=O)Nc2cccc3cccnc23)cn1. The molecule has 4 rings (SSSR count). The number of hydrogen-bond donors (Lipinski definition) is 2. The fourth-order valence-corrected chi connectivity index (χ4v) is 3.04. The minimum atomic E-state index is -0.329. The number of anilines is 3. The fourth-order valence-electron chi connectivity index (χ4n) is 3.04. The van der Waals surface area contributed by atoms with E-state index in [1.54, 1.807) is 12.4 Å². The Morgan fingerprint density at radius 2 is 1.61 bits per heavy atom. The Balaban J connectivity index is 1.53. The second-order valence-corrected chi connectivity index (χ2v) is 6.51. The first-order valence-corrected chi connectivity index (χ1v) is 8.92. The number of para-hydroxylation sites is 2.